The molecule has 0 saturated carbocycles. The van der Waals surface area contributed by atoms with Crippen molar-refractivity contribution in [2.45, 2.75) is 38.0 Å². The minimum Gasteiger partial charge on any atom is -0.337 e. The monoisotopic (exact) mass is 493 g/mol. The first kappa shape index (κ1) is 23.8. The van der Waals surface area contributed by atoms with Gasteiger partial charge >= 0.3 is 0 Å². The lowest BCUT2D eigenvalue weighted by molar-refractivity contribution is -0.120. The van der Waals surface area contributed by atoms with Gasteiger partial charge < -0.3 is 9.88 Å². The zero-order valence-corrected chi connectivity index (χ0v) is 20.6. The summed E-state index contributed by atoms with van der Waals surface area (Å²) in [5.74, 6) is 0.456. The quantitative estimate of drug-likeness (QED) is 0.363. The molecule has 0 aliphatic rings. The van der Waals surface area contributed by atoms with Crippen LogP contribution in [0.3, 0.4) is 0 Å². The molecule has 0 radical (unpaired) electrons. The highest BCUT2D eigenvalue weighted by Gasteiger charge is 2.30. The lowest BCUT2D eigenvalue weighted by Gasteiger charge is -2.27. The standard InChI is InChI=1S/C24H24ClN7OS/c1-16(2)24(3,14-26)28-22(33)13-34-23-30-29-21(32(23)19-10-6-4-8-17(19)25)12-31-15-27-18-9-5-7-11-20(18)31/h4-11,15-16H,12-13H2,1-3H3,(H,28,33)/t24-/m1/s1. The van der Waals surface area contributed by atoms with Gasteiger partial charge in [-0.15, -0.1) is 10.2 Å². The normalized spacial score (nSPS) is 13.1. The fourth-order valence-corrected chi connectivity index (χ4v) is 4.40. The number of hydrogen-bond donors (Lipinski definition) is 1. The van der Waals surface area contributed by atoms with Crippen molar-refractivity contribution < 1.29 is 4.79 Å². The Morgan fingerprint density at radius 1 is 1.21 bits per heavy atom. The van der Waals surface area contributed by atoms with E-state index < -0.39 is 5.54 Å². The van der Waals surface area contributed by atoms with Gasteiger partial charge in [0.15, 0.2) is 11.0 Å². The highest BCUT2D eigenvalue weighted by atomic mass is 35.5. The molecule has 0 aliphatic heterocycles. The number of fused-ring (bicyclic) bond motifs is 1. The number of halogens is 1. The molecule has 1 atom stereocenters. The van der Waals surface area contributed by atoms with Crippen molar-refractivity contribution in [1.82, 2.24) is 29.6 Å². The zero-order valence-electron chi connectivity index (χ0n) is 19.1. The summed E-state index contributed by atoms with van der Waals surface area (Å²) in [6, 6.07) is 17.5. The van der Waals surface area contributed by atoms with Gasteiger partial charge in [0.2, 0.25) is 5.91 Å². The average molecular weight is 494 g/mol. The van der Waals surface area contributed by atoms with Gasteiger partial charge in [-0.05, 0) is 37.1 Å². The smallest absolute Gasteiger partial charge is 0.231 e. The van der Waals surface area contributed by atoms with E-state index in [1.54, 1.807) is 19.3 Å². The van der Waals surface area contributed by atoms with Crippen LogP contribution in [-0.2, 0) is 11.3 Å². The van der Waals surface area contributed by atoms with Gasteiger partial charge in [-0.2, -0.15) is 5.26 Å². The largest absolute Gasteiger partial charge is 0.337 e. The Morgan fingerprint density at radius 2 is 1.94 bits per heavy atom. The van der Waals surface area contributed by atoms with Crippen molar-refractivity contribution in [1.29, 1.82) is 5.26 Å². The predicted octanol–water partition coefficient (Wildman–Crippen LogP) is 4.47. The number of para-hydroxylation sites is 3. The van der Waals surface area contributed by atoms with E-state index in [1.165, 1.54) is 11.8 Å². The summed E-state index contributed by atoms with van der Waals surface area (Å²) in [6.07, 6.45) is 1.77. The van der Waals surface area contributed by atoms with Crippen molar-refractivity contribution in [3.63, 3.8) is 0 Å². The molecule has 2 aromatic carbocycles. The second kappa shape index (κ2) is 9.87. The van der Waals surface area contributed by atoms with E-state index in [2.05, 4.69) is 26.6 Å². The van der Waals surface area contributed by atoms with Crippen LogP contribution in [0.4, 0.5) is 0 Å². The van der Waals surface area contributed by atoms with Crippen LogP contribution in [0.2, 0.25) is 5.02 Å². The third kappa shape index (κ3) is 4.79. The molecule has 1 amide bonds. The van der Waals surface area contributed by atoms with Crippen molar-refractivity contribution in [3.8, 4) is 11.8 Å². The molecule has 2 heterocycles. The van der Waals surface area contributed by atoms with Crippen LogP contribution in [-0.4, -0.2) is 41.5 Å². The van der Waals surface area contributed by atoms with Crippen LogP contribution in [0.25, 0.3) is 16.7 Å². The number of imidazole rings is 1. The summed E-state index contributed by atoms with van der Waals surface area (Å²) in [5.41, 5.74) is 1.65. The number of nitrogens with zero attached hydrogens (tertiary/aromatic N) is 6. The molecule has 10 heteroatoms. The number of nitriles is 1. The third-order valence-corrected chi connectivity index (χ3v) is 7.00. The third-order valence-electron chi connectivity index (χ3n) is 5.75. The molecular formula is C24H24ClN7OS. The molecule has 0 spiro atoms. The number of rotatable bonds is 8. The predicted molar refractivity (Wildman–Crippen MR) is 133 cm³/mol. The summed E-state index contributed by atoms with van der Waals surface area (Å²) in [4.78, 5) is 17.1. The molecule has 2 aromatic heterocycles. The second-order valence-corrected chi connectivity index (χ2v) is 9.70. The Balaban J connectivity index is 1.63. The fraction of sp³-hybridized carbons (Fsp3) is 0.292. The topological polar surface area (TPSA) is 101 Å². The maximum Gasteiger partial charge on any atom is 0.231 e. The molecule has 0 saturated heterocycles. The van der Waals surface area contributed by atoms with Gasteiger partial charge in [-0.25, -0.2) is 4.98 Å². The number of nitrogens with one attached hydrogen (secondary N) is 1. The Labute approximate surface area is 207 Å². The van der Waals surface area contributed by atoms with E-state index in [0.717, 1.165) is 16.7 Å². The van der Waals surface area contributed by atoms with E-state index in [4.69, 9.17) is 11.6 Å². The van der Waals surface area contributed by atoms with E-state index in [1.807, 2.05) is 65.4 Å². The minimum absolute atomic E-state index is 0.0326. The van der Waals surface area contributed by atoms with Gasteiger partial charge in [0.05, 0.1) is 46.4 Å². The van der Waals surface area contributed by atoms with Gasteiger partial charge in [0, 0.05) is 0 Å². The summed E-state index contributed by atoms with van der Waals surface area (Å²) >= 11 is 7.76. The highest BCUT2D eigenvalue weighted by molar-refractivity contribution is 7.99. The first-order valence-corrected chi connectivity index (χ1v) is 12.1. The van der Waals surface area contributed by atoms with Crippen LogP contribution in [0.5, 0.6) is 0 Å². The molecule has 1 N–H and O–H groups in total. The van der Waals surface area contributed by atoms with E-state index in [0.29, 0.717) is 22.5 Å². The molecule has 0 unspecified atom stereocenters. The fourth-order valence-electron chi connectivity index (χ4n) is 3.42. The molecular weight excluding hydrogens is 470 g/mol. The number of amides is 1. The Hall–Kier alpha value is -3.35. The van der Waals surface area contributed by atoms with E-state index in [9.17, 15) is 10.1 Å². The lowest BCUT2D eigenvalue weighted by atomic mass is 9.90. The van der Waals surface area contributed by atoms with Crippen LogP contribution in [0.15, 0.2) is 60.0 Å². The van der Waals surface area contributed by atoms with Crippen molar-refractivity contribution in [2.75, 3.05) is 5.75 Å². The second-order valence-electron chi connectivity index (χ2n) is 8.35. The lowest BCUT2D eigenvalue weighted by Crippen LogP contribution is -2.49. The maximum absolute atomic E-state index is 12.6. The SMILES string of the molecule is CC(C)[C@@](C)(C#N)NC(=O)CSc1nnc(Cn2cnc3ccccc32)n1-c1ccccc1Cl. The molecule has 0 bridgehead atoms. The van der Waals surface area contributed by atoms with Gasteiger partial charge in [0.25, 0.3) is 0 Å². The molecule has 8 nitrogen and oxygen atoms in total. The molecule has 34 heavy (non-hydrogen) atoms. The van der Waals surface area contributed by atoms with E-state index >= 15 is 0 Å². The summed E-state index contributed by atoms with van der Waals surface area (Å²) in [5, 5.41) is 22.2. The number of benzene rings is 2. The number of carbonyl (C=O) groups is 1. The van der Waals surface area contributed by atoms with Crippen LogP contribution >= 0.6 is 23.4 Å². The van der Waals surface area contributed by atoms with Gasteiger partial charge in [0.1, 0.15) is 5.54 Å². The number of thioether (sulfide) groups is 1. The number of aromatic nitrogens is 5. The molecule has 174 valence electrons. The zero-order chi connectivity index (χ0) is 24.3. The molecule has 0 aliphatic carbocycles. The number of carbonyl (C=O) groups excluding carboxylic acids is 1. The van der Waals surface area contributed by atoms with Crippen molar-refractivity contribution in [2.24, 2.45) is 5.92 Å². The highest BCUT2D eigenvalue weighted by Crippen LogP contribution is 2.28. The van der Waals surface area contributed by atoms with Gasteiger partial charge in [-0.1, -0.05) is 61.5 Å². The summed E-state index contributed by atoms with van der Waals surface area (Å²) in [6.45, 7) is 5.94. The molecule has 0 fully saturated rings. The van der Waals surface area contributed by atoms with Crippen LogP contribution in [0, 0.1) is 17.2 Å². The molecule has 4 aromatic rings. The maximum atomic E-state index is 12.6. The minimum atomic E-state index is -0.943. The Kier molecular flexibility index (Phi) is 6.91. The van der Waals surface area contributed by atoms with E-state index in [-0.39, 0.29) is 17.6 Å². The van der Waals surface area contributed by atoms with Gasteiger partial charge in [-0.3, -0.25) is 9.36 Å². The first-order chi connectivity index (χ1) is 16.3. The Morgan fingerprint density at radius 3 is 2.68 bits per heavy atom. The number of hydrogen-bond acceptors (Lipinski definition) is 6. The Bertz CT molecular complexity index is 1370. The first-order valence-electron chi connectivity index (χ1n) is 10.8. The summed E-state index contributed by atoms with van der Waals surface area (Å²) < 4.78 is 3.86. The van der Waals surface area contributed by atoms with Crippen LogP contribution < -0.4 is 5.32 Å². The summed E-state index contributed by atoms with van der Waals surface area (Å²) in [7, 11) is 0. The van der Waals surface area contributed by atoms with Crippen molar-refractivity contribution in [3.05, 3.63) is 65.7 Å². The molecule has 4 rings (SSSR count). The van der Waals surface area contributed by atoms with Crippen molar-refractivity contribution >= 4 is 40.3 Å². The average Bonchev–Trinajstić information content (AvgIpc) is 3.42. The van der Waals surface area contributed by atoms with Crippen LogP contribution in [0.1, 0.15) is 26.6 Å².